The smallest absolute Gasteiger partial charge is 0.262 e. The third kappa shape index (κ3) is 5.17. The fraction of sp³-hybridized carbons (Fsp3) is 0.500. The van der Waals surface area contributed by atoms with Gasteiger partial charge in [-0.15, -0.1) is 0 Å². The van der Waals surface area contributed by atoms with Crippen LogP contribution in [0.2, 0.25) is 5.02 Å². The standard InChI is InChI=1S/C32H39ClN2O4S/c1-21-6-3-4-8-29(36)26-12-9-24(26)18-35-19-32(15-5-7-22-16-25(33)11-13-27(22)32)20-39-30-14-10-23(17-28(30)35)31(37)34-40(21,2)38/h3-4,10-11,13-14,16-17,21,24,26,29,36H,2,5-9,12,15,18-20H2,1H3,(H,34,37,38)/b4-3-/t21-,24-,26+,29-,32-,40?/m0/s1. The molecule has 1 spiro atoms. The van der Waals surface area contributed by atoms with Crippen LogP contribution >= 0.6 is 11.6 Å². The summed E-state index contributed by atoms with van der Waals surface area (Å²) >= 11 is 6.39. The number of aliphatic hydroxyl groups excluding tert-OH is 1. The average molecular weight is 583 g/mol. The predicted octanol–water partition coefficient (Wildman–Crippen LogP) is 5.30. The van der Waals surface area contributed by atoms with Crippen LogP contribution < -0.4 is 14.4 Å². The van der Waals surface area contributed by atoms with E-state index in [2.05, 4.69) is 27.6 Å². The second-order valence-electron chi connectivity index (χ2n) is 12.3. The van der Waals surface area contributed by atoms with E-state index in [4.69, 9.17) is 16.3 Å². The molecule has 1 fully saturated rings. The minimum atomic E-state index is -2.88. The van der Waals surface area contributed by atoms with E-state index in [0.29, 0.717) is 30.9 Å². The molecule has 2 aromatic rings. The lowest BCUT2D eigenvalue weighted by molar-refractivity contribution is 0.0177. The Hall–Kier alpha value is -2.48. The maximum atomic E-state index is 13.4. The van der Waals surface area contributed by atoms with E-state index in [1.54, 1.807) is 6.07 Å². The van der Waals surface area contributed by atoms with Crippen LogP contribution in [0.5, 0.6) is 5.75 Å². The Kier molecular flexibility index (Phi) is 7.43. The van der Waals surface area contributed by atoms with Crippen molar-refractivity contribution in [2.24, 2.45) is 11.8 Å². The van der Waals surface area contributed by atoms with Gasteiger partial charge in [0.15, 0.2) is 0 Å². The van der Waals surface area contributed by atoms with Crippen molar-refractivity contribution in [2.45, 2.75) is 68.6 Å². The second kappa shape index (κ2) is 10.7. The number of anilines is 1. The molecule has 2 aromatic carbocycles. The number of carbonyl (C=O) groups is 1. The molecule has 2 aliphatic heterocycles. The van der Waals surface area contributed by atoms with Crippen molar-refractivity contribution < 1.29 is 18.8 Å². The molecule has 1 amide bonds. The average Bonchev–Trinajstić information content (AvgIpc) is 3.05. The highest BCUT2D eigenvalue weighted by molar-refractivity contribution is 7.99. The van der Waals surface area contributed by atoms with Crippen LogP contribution in [-0.4, -0.2) is 52.1 Å². The number of nitrogens with zero attached hydrogens (tertiary/aromatic N) is 1. The molecule has 6 atom stereocenters. The molecule has 0 saturated heterocycles. The van der Waals surface area contributed by atoms with Crippen LogP contribution in [0, 0.1) is 11.8 Å². The molecule has 0 aromatic heterocycles. The number of halogens is 1. The molecule has 4 aliphatic rings. The van der Waals surface area contributed by atoms with Crippen molar-refractivity contribution in [3.8, 4) is 5.75 Å². The fourth-order valence-corrected chi connectivity index (χ4v) is 8.29. The summed E-state index contributed by atoms with van der Waals surface area (Å²) in [5, 5.41) is 11.5. The Morgan fingerprint density at radius 2 is 2.00 bits per heavy atom. The Morgan fingerprint density at radius 3 is 2.80 bits per heavy atom. The minimum absolute atomic E-state index is 0.210. The van der Waals surface area contributed by atoms with E-state index >= 15 is 0 Å². The number of ether oxygens (including phenoxy) is 1. The molecule has 2 N–H and O–H groups in total. The summed E-state index contributed by atoms with van der Waals surface area (Å²) in [6.07, 6.45) is 9.76. The molecular formula is C32H39ClN2O4S. The number of benzene rings is 2. The molecule has 6 nitrogen and oxygen atoms in total. The first-order valence-electron chi connectivity index (χ1n) is 14.5. The molecule has 2 heterocycles. The zero-order valence-corrected chi connectivity index (χ0v) is 24.7. The second-order valence-corrected chi connectivity index (χ2v) is 15.2. The van der Waals surface area contributed by atoms with Crippen molar-refractivity contribution in [3.63, 3.8) is 0 Å². The van der Waals surface area contributed by atoms with Crippen LogP contribution in [-0.2, 0) is 21.5 Å². The summed E-state index contributed by atoms with van der Waals surface area (Å²) in [7, 11) is -2.88. The van der Waals surface area contributed by atoms with Gasteiger partial charge >= 0.3 is 0 Å². The quantitative estimate of drug-likeness (QED) is 0.326. The van der Waals surface area contributed by atoms with E-state index in [0.717, 1.165) is 61.7 Å². The molecule has 1 saturated carbocycles. The molecule has 6 rings (SSSR count). The molecule has 1 unspecified atom stereocenters. The normalized spacial score (nSPS) is 34.9. The van der Waals surface area contributed by atoms with Gasteiger partial charge in [0.25, 0.3) is 5.91 Å². The fourth-order valence-electron chi connectivity index (χ4n) is 7.04. The number of carbonyl (C=O) groups excluding carboxylic acids is 1. The summed E-state index contributed by atoms with van der Waals surface area (Å²) in [4.78, 5) is 15.7. The van der Waals surface area contributed by atoms with E-state index < -0.39 is 15.8 Å². The number of amides is 1. The lowest BCUT2D eigenvalue weighted by Crippen LogP contribution is -2.49. The van der Waals surface area contributed by atoms with Crippen LogP contribution in [0.15, 0.2) is 48.6 Å². The summed E-state index contributed by atoms with van der Waals surface area (Å²) in [5.74, 6) is 4.81. The summed E-state index contributed by atoms with van der Waals surface area (Å²) in [6.45, 7) is 3.91. The van der Waals surface area contributed by atoms with Crippen molar-refractivity contribution in [3.05, 3.63) is 70.3 Å². The molecular weight excluding hydrogens is 544 g/mol. The molecule has 8 heteroatoms. The number of hydrogen-bond donors (Lipinski definition) is 2. The maximum absolute atomic E-state index is 13.4. The van der Waals surface area contributed by atoms with Crippen molar-refractivity contribution in [2.75, 3.05) is 24.6 Å². The number of aryl methyl sites for hydroxylation is 1. The number of rotatable bonds is 0. The van der Waals surface area contributed by atoms with Gasteiger partial charge in [-0.05, 0) is 111 Å². The van der Waals surface area contributed by atoms with E-state index in [9.17, 15) is 14.1 Å². The zero-order chi connectivity index (χ0) is 28.1. The van der Waals surface area contributed by atoms with Crippen LogP contribution in [0.25, 0.3) is 0 Å². The predicted molar refractivity (Wildman–Crippen MR) is 163 cm³/mol. The van der Waals surface area contributed by atoms with Gasteiger partial charge in [0, 0.05) is 34.3 Å². The lowest BCUT2D eigenvalue weighted by atomic mass is 9.68. The van der Waals surface area contributed by atoms with Crippen molar-refractivity contribution in [1.82, 2.24) is 4.72 Å². The molecule has 214 valence electrons. The first-order chi connectivity index (χ1) is 19.1. The summed E-state index contributed by atoms with van der Waals surface area (Å²) in [5.41, 5.74) is 3.68. The number of allylic oxidation sites excluding steroid dienone is 1. The van der Waals surface area contributed by atoms with Crippen molar-refractivity contribution in [1.29, 1.82) is 0 Å². The minimum Gasteiger partial charge on any atom is -0.490 e. The molecule has 2 aliphatic carbocycles. The highest BCUT2D eigenvalue weighted by Gasteiger charge is 2.44. The van der Waals surface area contributed by atoms with Crippen molar-refractivity contribution >= 4 is 38.8 Å². The highest BCUT2D eigenvalue weighted by Crippen LogP contribution is 2.46. The highest BCUT2D eigenvalue weighted by atomic mass is 35.5. The number of aliphatic hydroxyl groups is 1. The van der Waals surface area contributed by atoms with Gasteiger partial charge in [0.1, 0.15) is 5.75 Å². The van der Waals surface area contributed by atoms with E-state index in [1.165, 1.54) is 11.1 Å². The van der Waals surface area contributed by atoms with Gasteiger partial charge in [-0.2, -0.15) is 0 Å². The molecule has 2 bridgehead atoms. The Balaban J connectivity index is 1.42. The number of fused-ring (bicyclic) bond motifs is 4. The maximum Gasteiger partial charge on any atom is 0.262 e. The van der Waals surface area contributed by atoms with Gasteiger partial charge in [-0.1, -0.05) is 29.8 Å². The Labute approximate surface area is 242 Å². The summed E-state index contributed by atoms with van der Waals surface area (Å²) in [6, 6.07) is 11.7. The van der Waals surface area contributed by atoms with Crippen LogP contribution in [0.1, 0.15) is 66.9 Å². The molecule has 0 radical (unpaired) electrons. The van der Waals surface area contributed by atoms with Crippen LogP contribution in [0.4, 0.5) is 5.69 Å². The number of nitrogens with one attached hydrogen (secondary N) is 1. The Bertz CT molecular complexity index is 1440. The Morgan fingerprint density at radius 1 is 1.18 bits per heavy atom. The van der Waals surface area contributed by atoms with Gasteiger partial charge < -0.3 is 14.7 Å². The first kappa shape index (κ1) is 27.7. The largest absolute Gasteiger partial charge is 0.490 e. The topological polar surface area (TPSA) is 78.9 Å². The van der Waals surface area contributed by atoms with Gasteiger partial charge in [0.2, 0.25) is 0 Å². The van der Waals surface area contributed by atoms with Gasteiger partial charge in [-0.25, -0.2) is 4.21 Å². The third-order valence-corrected chi connectivity index (χ3v) is 11.9. The number of hydrogen-bond acceptors (Lipinski definition) is 5. The first-order valence-corrected chi connectivity index (χ1v) is 16.6. The SMILES string of the molecule is C=S1(=O)NC(=O)c2ccc3c(c2)N(C[C@@H]2CC[C@H]2[C@@H](O)C/C=C\C[C@@H]1C)C[C@@]1(CCCc2cc(Cl)ccc21)CO3. The monoisotopic (exact) mass is 582 g/mol. The lowest BCUT2D eigenvalue weighted by Gasteiger charge is -2.45. The van der Waals surface area contributed by atoms with Crippen LogP contribution in [0.3, 0.4) is 0 Å². The van der Waals surface area contributed by atoms with Gasteiger partial charge in [0.05, 0.1) is 28.1 Å². The zero-order valence-electron chi connectivity index (χ0n) is 23.1. The summed E-state index contributed by atoms with van der Waals surface area (Å²) < 4.78 is 22.6. The van der Waals surface area contributed by atoms with E-state index in [1.807, 2.05) is 37.3 Å². The van der Waals surface area contributed by atoms with E-state index in [-0.39, 0.29) is 22.5 Å². The third-order valence-electron chi connectivity index (χ3n) is 9.65. The molecule has 40 heavy (non-hydrogen) atoms. The van der Waals surface area contributed by atoms with Gasteiger partial charge in [-0.3, -0.25) is 9.52 Å².